The van der Waals surface area contributed by atoms with Gasteiger partial charge in [-0.2, -0.15) is 0 Å². The molecule has 1 heteroatoms. The molecule has 0 saturated carbocycles. The quantitative estimate of drug-likeness (QED) is 0.530. The Balaban J connectivity index is 4.41. The van der Waals surface area contributed by atoms with E-state index in [-0.39, 0.29) is 0 Å². The molecule has 0 N–H and O–H groups in total. The highest BCUT2D eigenvalue weighted by molar-refractivity contribution is 6.00. The molecule has 0 heterocycles. The van der Waals surface area contributed by atoms with Crippen molar-refractivity contribution < 1.29 is 0 Å². The largest absolute Gasteiger partial charge is 0.261 e. The van der Waals surface area contributed by atoms with Crippen molar-refractivity contribution >= 4 is 5.71 Å². The molecule has 0 unspecified atom stereocenters. The maximum absolute atomic E-state index is 4.10. The van der Waals surface area contributed by atoms with Crippen molar-refractivity contribution in [2.45, 2.75) is 20.8 Å². The van der Waals surface area contributed by atoms with E-state index in [0.29, 0.717) is 5.92 Å². The highest BCUT2D eigenvalue weighted by Gasteiger charge is 2.03. The number of rotatable bonds is 3. The van der Waals surface area contributed by atoms with E-state index in [9.17, 15) is 0 Å². The summed E-state index contributed by atoms with van der Waals surface area (Å²) in [5, 5.41) is 0. The Morgan fingerprint density at radius 3 is 2.10 bits per heavy atom. The molecule has 0 aromatic carbocycles. The van der Waals surface area contributed by atoms with Crippen LogP contribution in [-0.2, 0) is 0 Å². The first-order chi connectivity index (χ1) is 4.59. The highest BCUT2D eigenvalue weighted by Crippen LogP contribution is 2.05. The predicted octanol–water partition coefficient (Wildman–Crippen LogP) is 2.80. The Kier molecular flexibility index (Phi) is 3.70. The van der Waals surface area contributed by atoms with Gasteiger partial charge in [-0.15, -0.1) is 0 Å². The summed E-state index contributed by atoms with van der Waals surface area (Å²) in [5.74, 6) is 0.440. The molecule has 0 aliphatic rings. The molecule has 0 saturated heterocycles. The summed E-state index contributed by atoms with van der Waals surface area (Å²) < 4.78 is 0. The van der Waals surface area contributed by atoms with E-state index in [1.807, 2.05) is 6.92 Å². The fraction of sp³-hybridized carbons (Fsp3) is 0.444. The lowest BCUT2D eigenvalue weighted by atomic mass is 10.0. The first kappa shape index (κ1) is 9.15. The average Bonchev–Trinajstić information content (AvgIpc) is 1.81. The minimum atomic E-state index is 0.440. The van der Waals surface area contributed by atoms with Crippen LogP contribution < -0.4 is 0 Å². The minimum Gasteiger partial charge on any atom is -0.261 e. The summed E-state index contributed by atoms with van der Waals surface area (Å²) in [7, 11) is 0. The van der Waals surface area contributed by atoms with Crippen LogP contribution in [0.4, 0.5) is 0 Å². The number of nitrogens with zero attached hydrogens (tertiary/aromatic N) is 1. The second kappa shape index (κ2) is 4.04. The van der Waals surface area contributed by atoms with Crippen LogP contribution in [0.2, 0.25) is 0 Å². The zero-order valence-corrected chi connectivity index (χ0v) is 7.02. The Morgan fingerprint density at radius 1 is 1.50 bits per heavy atom. The Hall–Kier alpha value is -0.850. The molecule has 0 atom stereocenters. The van der Waals surface area contributed by atoms with E-state index in [0.717, 1.165) is 11.3 Å². The Labute approximate surface area is 63.2 Å². The van der Waals surface area contributed by atoms with E-state index >= 15 is 0 Å². The first-order valence-corrected chi connectivity index (χ1v) is 3.44. The first-order valence-electron chi connectivity index (χ1n) is 3.44. The topological polar surface area (TPSA) is 12.4 Å². The summed E-state index contributed by atoms with van der Waals surface area (Å²) in [6.45, 7) is 13.5. The average molecular weight is 137 g/mol. The van der Waals surface area contributed by atoms with Gasteiger partial charge in [-0.25, -0.2) is 0 Å². The van der Waals surface area contributed by atoms with Crippen LogP contribution in [0, 0.1) is 5.92 Å². The van der Waals surface area contributed by atoms with Crippen LogP contribution in [0.25, 0.3) is 0 Å². The molecule has 0 rings (SSSR count). The van der Waals surface area contributed by atoms with E-state index in [1.165, 1.54) is 0 Å². The third-order valence-corrected chi connectivity index (χ3v) is 1.21. The molecule has 0 aliphatic carbocycles. The van der Waals surface area contributed by atoms with Gasteiger partial charge < -0.3 is 0 Å². The molecule has 0 spiro atoms. The van der Waals surface area contributed by atoms with Gasteiger partial charge in [0.1, 0.15) is 0 Å². The third-order valence-electron chi connectivity index (χ3n) is 1.21. The van der Waals surface area contributed by atoms with Crippen molar-refractivity contribution in [2.24, 2.45) is 10.9 Å². The second-order valence-electron chi connectivity index (χ2n) is 2.63. The molecule has 0 aromatic rings. The van der Waals surface area contributed by atoms with Gasteiger partial charge in [0.05, 0.1) is 0 Å². The van der Waals surface area contributed by atoms with Gasteiger partial charge >= 0.3 is 0 Å². The molecular formula is C9H15N. The van der Waals surface area contributed by atoms with E-state index in [4.69, 9.17) is 0 Å². The zero-order valence-electron chi connectivity index (χ0n) is 7.02. The molecular weight excluding hydrogens is 122 g/mol. The molecule has 0 bridgehead atoms. The van der Waals surface area contributed by atoms with E-state index in [1.54, 1.807) is 6.20 Å². The minimum absolute atomic E-state index is 0.440. The van der Waals surface area contributed by atoms with E-state index in [2.05, 4.69) is 32.0 Å². The third kappa shape index (κ3) is 2.62. The van der Waals surface area contributed by atoms with Gasteiger partial charge in [-0.1, -0.05) is 27.0 Å². The summed E-state index contributed by atoms with van der Waals surface area (Å²) >= 11 is 0. The van der Waals surface area contributed by atoms with Crippen molar-refractivity contribution in [1.82, 2.24) is 0 Å². The monoisotopic (exact) mass is 137 g/mol. The van der Waals surface area contributed by atoms with Crippen LogP contribution in [0.1, 0.15) is 20.8 Å². The number of allylic oxidation sites excluding steroid dienone is 1. The molecule has 0 amide bonds. The van der Waals surface area contributed by atoms with Crippen LogP contribution >= 0.6 is 0 Å². The Bertz CT molecular complexity index is 164. The fourth-order valence-electron chi connectivity index (χ4n) is 0.850. The van der Waals surface area contributed by atoms with Crippen LogP contribution in [0.3, 0.4) is 0 Å². The predicted molar refractivity (Wildman–Crippen MR) is 47.3 cm³/mol. The van der Waals surface area contributed by atoms with Crippen molar-refractivity contribution in [1.29, 1.82) is 0 Å². The van der Waals surface area contributed by atoms with E-state index < -0.39 is 0 Å². The van der Waals surface area contributed by atoms with Crippen LogP contribution in [0.5, 0.6) is 0 Å². The van der Waals surface area contributed by atoms with Crippen LogP contribution in [-0.4, -0.2) is 5.71 Å². The highest BCUT2D eigenvalue weighted by atomic mass is 14.7. The van der Waals surface area contributed by atoms with Gasteiger partial charge in [0, 0.05) is 11.9 Å². The standard InChI is InChI=1S/C9H15N/c1-6-10-9(7(2)3)8(4)5/h6,8H,1-2H2,3-5H3. The van der Waals surface area contributed by atoms with Gasteiger partial charge in [0.15, 0.2) is 0 Å². The lowest BCUT2D eigenvalue weighted by Crippen LogP contribution is -2.07. The SMILES string of the molecule is C=CN=C(C(=C)C)C(C)C. The molecule has 0 fully saturated rings. The van der Waals surface area contributed by atoms with Gasteiger partial charge in [-0.05, 0) is 18.4 Å². The zero-order chi connectivity index (χ0) is 8.15. The van der Waals surface area contributed by atoms with Gasteiger partial charge in [-0.3, -0.25) is 4.99 Å². The lowest BCUT2D eigenvalue weighted by Gasteiger charge is -2.07. The molecule has 10 heavy (non-hydrogen) atoms. The fourth-order valence-corrected chi connectivity index (χ4v) is 0.850. The van der Waals surface area contributed by atoms with Crippen molar-refractivity contribution in [3.05, 3.63) is 24.9 Å². The number of hydrogen-bond acceptors (Lipinski definition) is 1. The number of aliphatic imine (C=N–C) groups is 1. The van der Waals surface area contributed by atoms with Crippen molar-refractivity contribution in [3.8, 4) is 0 Å². The lowest BCUT2D eigenvalue weighted by molar-refractivity contribution is 0.882. The smallest absolute Gasteiger partial charge is 0.0451 e. The van der Waals surface area contributed by atoms with Crippen molar-refractivity contribution in [2.75, 3.05) is 0 Å². The molecule has 1 nitrogen and oxygen atoms in total. The van der Waals surface area contributed by atoms with Crippen molar-refractivity contribution in [3.63, 3.8) is 0 Å². The van der Waals surface area contributed by atoms with Gasteiger partial charge in [0.25, 0.3) is 0 Å². The summed E-state index contributed by atoms with van der Waals surface area (Å²) in [5.41, 5.74) is 2.06. The second-order valence-corrected chi connectivity index (χ2v) is 2.63. The maximum atomic E-state index is 4.10. The maximum Gasteiger partial charge on any atom is 0.0451 e. The molecule has 0 aliphatic heterocycles. The van der Waals surface area contributed by atoms with Crippen LogP contribution in [0.15, 0.2) is 29.9 Å². The summed E-state index contributed by atoms with van der Waals surface area (Å²) in [6.07, 6.45) is 1.56. The molecule has 0 aromatic heterocycles. The molecule has 56 valence electrons. The summed E-state index contributed by atoms with van der Waals surface area (Å²) in [6, 6.07) is 0. The van der Waals surface area contributed by atoms with Gasteiger partial charge in [0.2, 0.25) is 0 Å². The Morgan fingerprint density at radius 2 is 2.00 bits per heavy atom. The molecule has 0 radical (unpaired) electrons. The normalized spacial score (nSPS) is 11.8. The number of hydrogen-bond donors (Lipinski definition) is 0. The summed E-state index contributed by atoms with van der Waals surface area (Å²) in [4.78, 5) is 4.10.